The van der Waals surface area contributed by atoms with Gasteiger partial charge in [0.15, 0.2) is 5.75 Å². The van der Waals surface area contributed by atoms with E-state index >= 15 is 0 Å². The molecule has 21 heavy (non-hydrogen) atoms. The van der Waals surface area contributed by atoms with Gasteiger partial charge in [-0.1, -0.05) is 47.8 Å². The van der Waals surface area contributed by atoms with Crippen molar-refractivity contribution in [2.45, 2.75) is 25.7 Å². The summed E-state index contributed by atoms with van der Waals surface area (Å²) >= 11 is 17.9. The molecule has 6 heteroatoms. The fraction of sp³-hybridized carbons (Fsp3) is 0.467. The van der Waals surface area contributed by atoms with Crippen molar-refractivity contribution in [2.75, 3.05) is 19.8 Å². The van der Waals surface area contributed by atoms with Crippen molar-refractivity contribution in [3.8, 4) is 11.5 Å². The van der Waals surface area contributed by atoms with Gasteiger partial charge in [-0.05, 0) is 19.3 Å². The van der Waals surface area contributed by atoms with Gasteiger partial charge in [-0.2, -0.15) is 0 Å². The van der Waals surface area contributed by atoms with Crippen molar-refractivity contribution in [3.63, 3.8) is 0 Å². The fourth-order valence-electron chi connectivity index (χ4n) is 1.66. The first-order valence-electron chi connectivity index (χ1n) is 6.73. The highest BCUT2D eigenvalue weighted by Gasteiger charge is 2.10. The molecule has 0 aromatic heterocycles. The average molecular weight is 354 g/mol. The van der Waals surface area contributed by atoms with Gasteiger partial charge in [0.2, 0.25) is 0 Å². The molecule has 0 unspecified atom stereocenters. The molecule has 0 heterocycles. The van der Waals surface area contributed by atoms with Gasteiger partial charge in [0, 0.05) is 23.8 Å². The molecule has 0 saturated carbocycles. The number of halogens is 3. The van der Waals surface area contributed by atoms with Crippen molar-refractivity contribution in [1.82, 2.24) is 0 Å². The number of benzene rings is 1. The average Bonchev–Trinajstić information content (AvgIpc) is 2.42. The number of unbranched alkanes of at least 4 members (excludes halogenated alkanes) is 3. The van der Waals surface area contributed by atoms with Crippen molar-refractivity contribution < 1.29 is 14.6 Å². The first-order chi connectivity index (χ1) is 10.0. The topological polar surface area (TPSA) is 38.7 Å². The maximum Gasteiger partial charge on any atom is 0.156 e. The van der Waals surface area contributed by atoms with Gasteiger partial charge in [-0.15, -0.1) is 0 Å². The molecular formula is C15H19Cl3O3. The maximum atomic E-state index is 8.69. The third-order valence-corrected chi connectivity index (χ3v) is 3.34. The summed E-state index contributed by atoms with van der Waals surface area (Å²) in [6.45, 7) is 4.49. The van der Waals surface area contributed by atoms with Gasteiger partial charge in [-0.3, -0.25) is 0 Å². The Bertz CT molecular complexity index is 440. The number of aliphatic hydroxyl groups is 1. The summed E-state index contributed by atoms with van der Waals surface area (Å²) in [4.78, 5) is 0. The van der Waals surface area contributed by atoms with Crippen LogP contribution in [0.1, 0.15) is 25.7 Å². The molecule has 0 aliphatic rings. The molecular weight excluding hydrogens is 335 g/mol. The summed E-state index contributed by atoms with van der Waals surface area (Å²) in [6.07, 6.45) is 3.68. The Kier molecular flexibility index (Phi) is 8.93. The van der Waals surface area contributed by atoms with Crippen LogP contribution in [0.15, 0.2) is 23.7 Å². The molecule has 118 valence electrons. The van der Waals surface area contributed by atoms with E-state index in [4.69, 9.17) is 49.4 Å². The van der Waals surface area contributed by atoms with E-state index in [1.54, 1.807) is 12.1 Å². The first kappa shape index (κ1) is 18.4. The van der Waals surface area contributed by atoms with Crippen LogP contribution in [0.4, 0.5) is 0 Å². The fourth-order valence-corrected chi connectivity index (χ4v) is 2.29. The van der Waals surface area contributed by atoms with Crippen LogP contribution in [-0.4, -0.2) is 24.9 Å². The lowest BCUT2D eigenvalue weighted by Gasteiger charge is -2.12. The number of hydrogen-bond donors (Lipinski definition) is 1. The Balaban J connectivity index is 2.49. The molecule has 0 atom stereocenters. The zero-order valence-electron chi connectivity index (χ0n) is 11.7. The van der Waals surface area contributed by atoms with E-state index in [0.29, 0.717) is 33.2 Å². The molecule has 0 saturated heterocycles. The molecule has 0 bridgehead atoms. The Hall–Kier alpha value is -0.610. The van der Waals surface area contributed by atoms with Crippen LogP contribution in [0.3, 0.4) is 0 Å². The Labute approximate surface area is 140 Å². The summed E-state index contributed by atoms with van der Waals surface area (Å²) in [6, 6.07) is 3.27. The highest BCUT2D eigenvalue weighted by atomic mass is 35.5. The largest absolute Gasteiger partial charge is 0.490 e. The lowest BCUT2D eigenvalue weighted by atomic mass is 10.2. The predicted octanol–water partition coefficient (Wildman–Crippen LogP) is 5.06. The third-order valence-electron chi connectivity index (χ3n) is 2.67. The Morgan fingerprint density at radius 1 is 1.05 bits per heavy atom. The number of hydrogen-bond acceptors (Lipinski definition) is 3. The van der Waals surface area contributed by atoms with Gasteiger partial charge >= 0.3 is 0 Å². The van der Waals surface area contributed by atoms with Crippen LogP contribution < -0.4 is 9.47 Å². The lowest BCUT2D eigenvalue weighted by Crippen LogP contribution is -2.00. The van der Waals surface area contributed by atoms with Crippen LogP contribution in [0.2, 0.25) is 10.0 Å². The van der Waals surface area contributed by atoms with Crippen LogP contribution in [0.5, 0.6) is 11.5 Å². The van der Waals surface area contributed by atoms with E-state index < -0.39 is 0 Å². The van der Waals surface area contributed by atoms with E-state index in [0.717, 1.165) is 25.7 Å². The van der Waals surface area contributed by atoms with Gasteiger partial charge in [0.05, 0.1) is 16.7 Å². The molecule has 0 aliphatic heterocycles. The highest BCUT2D eigenvalue weighted by molar-refractivity contribution is 6.37. The minimum atomic E-state index is 0.194. The summed E-state index contributed by atoms with van der Waals surface area (Å²) in [5.74, 6) is 0.972. The van der Waals surface area contributed by atoms with Gasteiger partial charge in [0.1, 0.15) is 12.4 Å². The quantitative estimate of drug-likeness (QED) is 0.598. The summed E-state index contributed by atoms with van der Waals surface area (Å²) in [7, 11) is 0. The molecule has 1 aromatic carbocycles. The molecule has 0 spiro atoms. The summed E-state index contributed by atoms with van der Waals surface area (Å²) < 4.78 is 11.0. The molecule has 1 aromatic rings. The van der Waals surface area contributed by atoms with Crippen LogP contribution in [-0.2, 0) is 0 Å². The van der Waals surface area contributed by atoms with Crippen molar-refractivity contribution >= 4 is 34.8 Å². The minimum Gasteiger partial charge on any atom is -0.490 e. The van der Waals surface area contributed by atoms with Gasteiger partial charge in [-0.25, -0.2) is 0 Å². The molecule has 0 radical (unpaired) electrons. The van der Waals surface area contributed by atoms with Crippen molar-refractivity contribution in [1.29, 1.82) is 0 Å². The molecule has 0 aliphatic carbocycles. The standard InChI is InChI=1S/C15H19Cl3O3/c1-11(16)10-21-12-8-13(17)15(14(18)9-12)20-7-5-3-2-4-6-19/h8-9,19H,1-7,10H2. The van der Waals surface area contributed by atoms with E-state index in [2.05, 4.69) is 6.58 Å². The smallest absolute Gasteiger partial charge is 0.156 e. The second-order valence-electron chi connectivity index (χ2n) is 4.51. The minimum absolute atomic E-state index is 0.194. The highest BCUT2D eigenvalue weighted by Crippen LogP contribution is 2.37. The van der Waals surface area contributed by atoms with Crippen molar-refractivity contribution in [3.05, 3.63) is 33.8 Å². The van der Waals surface area contributed by atoms with Crippen molar-refractivity contribution in [2.24, 2.45) is 0 Å². The zero-order valence-corrected chi connectivity index (χ0v) is 14.0. The molecule has 1 N–H and O–H groups in total. The molecule has 0 amide bonds. The lowest BCUT2D eigenvalue weighted by molar-refractivity contribution is 0.273. The van der Waals surface area contributed by atoms with E-state index in [9.17, 15) is 0 Å². The number of aliphatic hydroxyl groups excluding tert-OH is 1. The van der Waals surface area contributed by atoms with Crippen LogP contribution in [0, 0.1) is 0 Å². The normalized spacial score (nSPS) is 10.5. The monoisotopic (exact) mass is 352 g/mol. The molecule has 1 rings (SSSR count). The van der Waals surface area contributed by atoms with Crippen LogP contribution >= 0.6 is 34.8 Å². The SMILES string of the molecule is C=C(Cl)COc1cc(Cl)c(OCCCCCCO)c(Cl)c1. The first-order valence-corrected chi connectivity index (χ1v) is 7.86. The number of rotatable bonds is 10. The van der Waals surface area contributed by atoms with E-state index in [1.165, 1.54) is 0 Å². The predicted molar refractivity (Wildman–Crippen MR) is 88.0 cm³/mol. The Morgan fingerprint density at radius 2 is 1.67 bits per heavy atom. The summed E-state index contributed by atoms with van der Waals surface area (Å²) in [5.41, 5.74) is 0. The second kappa shape index (κ2) is 10.2. The number of ether oxygens (including phenoxy) is 2. The van der Waals surface area contributed by atoms with E-state index in [-0.39, 0.29) is 13.2 Å². The molecule has 3 nitrogen and oxygen atoms in total. The summed E-state index contributed by atoms with van der Waals surface area (Å²) in [5, 5.41) is 9.87. The van der Waals surface area contributed by atoms with Crippen LogP contribution in [0.25, 0.3) is 0 Å². The second-order valence-corrected chi connectivity index (χ2v) is 5.86. The Morgan fingerprint density at radius 3 is 2.24 bits per heavy atom. The third kappa shape index (κ3) is 7.28. The zero-order chi connectivity index (χ0) is 15.7. The van der Waals surface area contributed by atoms with E-state index in [1.807, 2.05) is 0 Å². The van der Waals surface area contributed by atoms with Gasteiger partial charge in [0.25, 0.3) is 0 Å². The molecule has 0 fully saturated rings. The van der Waals surface area contributed by atoms with Gasteiger partial charge < -0.3 is 14.6 Å². The maximum absolute atomic E-state index is 8.69.